The lowest BCUT2D eigenvalue weighted by Gasteiger charge is -2.06. The molecular weight excluding hydrogens is 320 g/mol. The minimum atomic E-state index is -0.166. The number of hydrogen-bond donors (Lipinski definition) is 1. The largest absolute Gasteiger partial charge is 0.494 e. The van der Waals surface area contributed by atoms with E-state index < -0.39 is 0 Å². The zero-order chi connectivity index (χ0) is 14.1. The predicted octanol–water partition coefficient (Wildman–Crippen LogP) is 3.57. The lowest BCUT2D eigenvalue weighted by atomic mass is 10.1. The molecule has 0 unspecified atom stereocenters. The van der Waals surface area contributed by atoms with Gasteiger partial charge < -0.3 is 9.72 Å². The van der Waals surface area contributed by atoms with Crippen LogP contribution in [0.4, 0.5) is 0 Å². The third kappa shape index (κ3) is 2.10. The molecule has 4 nitrogen and oxygen atoms in total. The number of aromatic nitrogens is 2. The zero-order valence-corrected chi connectivity index (χ0v) is 12.3. The van der Waals surface area contributed by atoms with Gasteiger partial charge in [-0.1, -0.05) is 18.2 Å². The van der Waals surface area contributed by atoms with Crippen molar-refractivity contribution in [3.63, 3.8) is 0 Å². The Morgan fingerprint density at radius 3 is 2.85 bits per heavy atom. The van der Waals surface area contributed by atoms with E-state index in [0.29, 0.717) is 21.6 Å². The Balaban J connectivity index is 2.15. The van der Waals surface area contributed by atoms with Crippen molar-refractivity contribution in [3.05, 3.63) is 58.5 Å². The van der Waals surface area contributed by atoms with Gasteiger partial charge in [0, 0.05) is 22.7 Å². The molecule has 1 N–H and O–H groups in total. The van der Waals surface area contributed by atoms with Crippen molar-refractivity contribution >= 4 is 32.6 Å². The van der Waals surface area contributed by atoms with Gasteiger partial charge in [-0.3, -0.25) is 4.79 Å². The summed E-state index contributed by atoms with van der Waals surface area (Å²) in [7, 11) is 1.52. The van der Waals surface area contributed by atoms with Gasteiger partial charge in [0.15, 0.2) is 5.69 Å². The van der Waals surface area contributed by atoms with Crippen LogP contribution >= 0.6 is 15.9 Å². The van der Waals surface area contributed by atoms with E-state index in [1.165, 1.54) is 7.11 Å². The number of rotatable bonds is 3. The number of nitrogens with one attached hydrogen (secondary N) is 1. The number of aromatic amines is 1. The molecule has 100 valence electrons. The number of ketones is 1. The monoisotopic (exact) mass is 330 g/mol. The first kappa shape index (κ1) is 12.9. The van der Waals surface area contributed by atoms with Crippen LogP contribution in [0.15, 0.2) is 47.2 Å². The molecule has 0 spiro atoms. The fourth-order valence-electron chi connectivity index (χ4n) is 2.14. The molecule has 0 saturated carbocycles. The maximum atomic E-state index is 12.7. The highest BCUT2D eigenvalue weighted by Crippen LogP contribution is 2.25. The third-order valence-corrected chi connectivity index (χ3v) is 3.53. The number of ether oxygens (including phenoxy) is 1. The van der Waals surface area contributed by atoms with Crippen LogP contribution in [0.5, 0.6) is 5.75 Å². The fourth-order valence-corrected chi connectivity index (χ4v) is 2.45. The normalized spacial score (nSPS) is 10.7. The van der Waals surface area contributed by atoms with E-state index in [2.05, 4.69) is 25.9 Å². The second-order valence-corrected chi connectivity index (χ2v) is 5.07. The molecule has 0 aliphatic rings. The highest BCUT2D eigenvalue weighted by atomic mass is 79.9. The first-order chi connectivity index (χ1) is 9.70. The number of para-hydroxylation sites is 1. The van der Waals surface area contributed by atoms with Crippen LogP contribution in [0, 0.1) is 0 Å². The number of pyridine rings is 1. The molecule has 0 bridgehead atoms. The topological polar surface area (TPSA) is 55.0 Å². The molecule has 2 heterocycles. The van der Waals surface area contributed by atoms with Crippen molar-refractivity contribution in [1.29, 1.82) is 0 Å². The number of halogens is 1. The predicted molar refractivity (Wildman–Crippen MR) is 80.2 cm³/mol. The molecule has 20 heavy (non-hydrogen) atoms. The summed E-state index contributed by atoms with van der Waals surface area (Å²) in [5.41, 5.74) is 1.81. The Hall–Kier alpha value is -2.14. The fraction of sp³-hybridized carbons (Fsp3) is 0.0667. The number of benzene rings is 1. The van der Waals surface area contributed by atoms with E-state index in [4.69, 9.17) is 4.74 Å². The van der Waals surface area contributed by atoms with Gasteiger partial charge in [0.05, 0.1) is 7.11 Å². The van der Waals surface area contributed by atoms with Crippen molar-refractivity contribution in [2.75, 3.05) is 7.11 Å². The molecule has 3 rings (SSSR count). The maximum Gasteiger partial charge on any atom is 0.217 e. The first-order valence-electron chi connectivity index (χ1n) is 6.02. The molecule has 5 heteroatoms. The van der Waals surface area contributed by atoms with Gasteiger partial charge in [0.1, 0.15) is 10.4 Å². The van der Waals surface area contributed by atoms with Gasteiger partial charge in [-0.05, 0) is 34.1 Å². The summed E-state index contributed by atoms with van der Waals surface area (Å²) in [6.45, 7) is 0. The van der Waals surface area contributed by atoms with Crippen molar-refractivity contribution < 1.29 is 9.53 Å². The second-order valence-electron chi connectivity index (χ2n) is 4.26. The van der Waals surface area contributed by atoms with Gasteiger partial charge in [0.25, 0.3) is 0 Å². The number of fused-ring (bicyclic) bond motifs is 1. The standard InChI is InChI=1S/C15H11BrN2O2/c1-20-12-6-7-13(16)18-14(12)15(19)10-8-17-11-5-3-2-4-9(10)11/h2-8,17H,1H3. The highest BCUT2D eigenvalue weighted by molar-refractivity contribution is 9.10. The van der Waals surface area contributed by atoms with Gasteiger partial charge >= 0.3 is 0 Å². The van der Waals surface area contributed by atoms with E-state index in [0.717, 1.165) is 10.9 Å². The minimum absolute atomic E-state index is 0.166. The Labute approximate surface area is 123 Å². The van der Waals surface area contributed by atoms with Crippen molar-refractivity contribution in [2.24, 2.45) is 0 Å². The molecule has 3 aromatic rings. The molecule has 0 aliphatic heterocycles. The Morgan fingerprint density at radius 2 is 2.05 bits per heavy atom. The number of carbonyl (C=O) groups is 1. The van der Waals surface area contributed by atoms with Crippen LogP contribution in [-0.2, 0) is 0 Å². The van der Waals surface area contributed by atoms with Crippen LogP contribution < -0.4 is 4.74 Å². The summed E-state index contributed by atoms with van der Waals surface area (Å²) < 4.78 is 5.82. The van der Waals surface area contributed by atoms with Crippen LogP contribution in [0.2, 0.25) is 0 Å². The molecule has 1 aromatic carbocycles. The first-order valence-corrected chi connectivity index (χ1v) is 6.81. The number of methoxy groups -OCH3 is 1. The Morgan fingerprint density at radius 1 is 1.25 bits per heavy atom. The number of carbonyl (C=O) groups excluding carboxylic acids is 1. The molecule has 0 saturated heterocycles. The summed E-state index contributed by atoms with van der Waals surface area (Å²) in [6, 6.07) is 11.1. The van der Waals surface area contributed by atoms with E-state index in [9.17, 15) is 4.79 Å². The molecule has 0 aliphatic carbocycles. The minimum Gasteiger partial charge on any atom is -0.494 e. The number of H-pyrrole nitrogens is 1. The van der Waals surface area contributed by atoms with Crippen LogP contribution in [0.1, 0.15) is 16.1 Å². The molecular formula is C15H11BrN2O2. The van der Waals surface area contributed by atoms with Gasteiger partial charge in [-0.25, -0.2) is 4.98 Å². The molecule has 0 atom stereocenters. The van der Waals surface area contributed by atoms with Gasteiger partial charge in [-0.2, -0.15) is 0 Å². The molecule has 0 fully saturated rings. The van der Waals surface area contributed by atoms with Crippen LogP contribution in [0.3, 0.4) is 0 Å². The Bertz CT molecular complexity index is 795. The number of hydrogen-bond acceptors (Lipinski definition) is 3. The van der Waals surface area contributed by atoms with Gasteiger partial charge in [0.2, 0.25) is 5.78 Å². The van der Waals surface area contributed by atoms with Crippen molar-refractivity contribution in [2.45, 2.75) is 0 Å². The van der Waals surface area contributed by atoms with Gasteiger partial charge in [-0.15, -0.1) is 0 Å². The quantitative estimate of drug-likeness (QED) is 0.590. The SMILES string of the molecule is COc1ccc(Br)nc1C(=O)c1c[nH]c2ccccc12. The average Bonchev–Trinajstić information content (AvgIpc) is 2.90. The maximum absolute atomic E-state index is 12.7. The number of nitrogens with zero attached hydrogens (tertiary/aromatic N) is 1. The van der Waals surface area contributed by atoms with E-state index in [1.807, 2.05) is 24.3 Å². The van der Waals surface area contributed by atoms with Crippen molar-refractivity contribution in [3.8, 4) is 5.75 Å². The van der Waals surface area contributed by atoms with Crippen LogP contribution in [-0.4, -0.2) is 22.9 Å². The lowest BCUT2D eigenvalue weighted by molar-refractivity contribution is 0.103. The lowest BCUT2D eigenvalue weighted by Crippen LogP contribution is -2.06. The summed E-state index contributed by atoms with van der Waals surface area (Å²) in [4.78, 5) is 20.0. The summed E-state index contributed by atoms with van der Waals surface area (Å²) in [6.07, 6.45) is 1.70. The summed E-state index contributed by atoms with van der Waals surface area (Å²) >= 11 is 3.28. The van der Waals surface area contributed by atoms with E-state index in [1.54, 1.807) is 18.3 Å². The molecule has 2 aromatic heterocycles. The second kappa shape index (κ2) is 5.09. The summed E-state index contributed by atoms with van der Waals surface area (Å²) in [5.74, 6) is 0.295. The highest BCUT2D eigenvalue weighted by Gasteiger charge is 2.19. The smallest absolute Gasteiger partial charge is 0.217 e. The zero-order valence-electron chi connectivity index (χ0n) is 10.7. The molecule has 0 radical (unpaired) electrons. The van der Waals surface area contributed by atoms with E-state index in [-0.39, 0.29) is 5.78 Å². The Kier molecular flexibility index (Phi) is 3.28. The summed E-state index contributed by atoms with van der Waals surface area (Å²) in [5, 5.41) is 0.876. The van der Waals surface area contributed by atoms with E-state index >= 15 is 0 Å². The van der Waals surface area contributed by atoms with Crippen LogP contribution in [0.25, 0.3) is 10.9 Å². The molecule has 0 amide bonds. The average molecular weight is 331 g/mol. The van der Waals surface area contributed by atoms with Crippen molar-refractivity contribution in [1.82, 2.24) is 9.97 Å². The third-order valence-electron chi connectivity index (χ3n) is 3.09.